The van der Waals surface area contributed by atoms with Crippen LogP contribution in [-0.4, -0.2) is 38.7 Å². The molecule has 0 aliphatic carbocycles. The molecule has 1 unspecified atom stereocenters. The van der Waals surface area contributed by atoms with Gasteiger partial charge in [-0.25, -0.2) is 9.67 Å². The zero-order chi connectivity index (χ0) is 10.8. The van der Waals surface area contributed by atoms with Gasteiger partial charge in [-0.2, -0.15) is 0 Å². The van der Waals surface area contributed by atoms with Gasteiger partial charge in [0, 0.05) is 13.1 Å². The van der Waals surface area contributed by atoms with E-state index < -0.39 is 0 Å². The minimum absolute atomic E-state index is 0.0873. The van der Waals surface area contributed by atoms with Crippen molar-refractivity contribution in [3.05, 3.63) is 6.33 Å². The van der Waals surface area contributed by atoms with Gasteiger partial charge >= 0.3 is 0 Å². The summed E-state index contributed by atoms with van der Waals surface area (Å²) < 4.78 is 1.47. The number of nitrogen functional groups attached to an aromatic ring is 1. The molecule has 1 atom stereocenters. The Morgan fingerprint density at radius 2 is 2.53 bits per heavy atom. The fourth-order valence-corrected chi connectivity index (χ4v) is 1.79. The number of carbonyl (C=O) groups is 1. The van der Waals surface area contributed by atoms with E-state index in [0.29, 0.717) is 5.92 Å². The van der Waals surface area contributed by atoms with Gasteiger partial charge in [-0.15, -0.1) is 5.10 Å². The minimum Gasteiger partial charge on any atom is -0.367 e. The van der Waals surface area contributed by atoms with Crippen LogP contribution in [0.15, 0.2) is 6.33 Å². The maximum Gasteiger partial charge on any atom is 0.244 e. The molecule has 2 heterocycles. The second-order valence-electron chi connectivity index (χ2n) is 4.03. The number of likely N-dealkylation sites (tertiary alicyclic amines) is 1. The summed E-state index contributed by atoms with van der Waals surface area (Å²) in [4.78, 5) is 17.4. The number of aromatic nitrogens is 3. The highest BCUT2D eigenvalue weighted by Crippen LogP contribution is 2.15. The van der Waals surface area contributed by atoms with Crippen LogP contribution in [0.1, 0.15) is 13.3 Å². The normalized spacial score (nSPS) is 20.9. The van der Waals surface area contributed by atoms with Gasteiger partial charge in [0.25, 0.3) is 0 Å². The first-order valence-electron chi connectivity index (χ1n) is 5.08. The van der Waals surface area contributed by atoms with Crippen molar-refractivity contribution in [1.82, 2.24) is 19.7 Å². The summed E-state index contributed by atoms with van der Waals surface area (Å²) in [6.45, 7) is 4.09. The number of carbonyl (C=O) groups excluding carboxylic acids is 1. The highest BCUT2D eigenvalue weighted by Gasteiger charge is 2.23. The van der Waals surface area contributed by atoms with E-state index in [2.05, 4.69) is 17.0 Å². The molecule has 1 aliphatic heterocycles. The molecule has 0 spiro atoms. The lowest BCUT2D eigenvalue weighted by Crippen LogP contribution is -2.31. The molecule has 1 aromatic heterocycles. The van der Waals surface area contributed by atoms with Gasteiger partial charge in [-0.3, -0.25) is 4.79 Å². The fraction of sp³-hybridized carbons (Fsp3) is 0.667. The lowest BCUT2D eigenvalue weighted by molar-refractivity contribution is -0.131. The third-order valence-corrected chi connectivity index (χ3v) is 2.63. The number of hydrogen-bond acceptors (Lipinski definition) is 4. The maximum absolute atomic E-state index is 11.8. The number of nitrogens with two attached hydrogens (primary N) is 1. The van der Waals surface area contributed by atoms with Crippen molar-refractivity contribution in [2.75, 3.05) is 18.8 Å². The first kappa shape index (κ1) is 9.95. The van der Waals surface area contributed by atoms with Crippen molar-refractivity contribution >= 4 is 11.9 Å². The Labute approximate surface area is 88.1 Å². The lowest BCUT2D eigenvalue weighted by atomic mass is 10.2. The third kappa shape index (κ3) is 2.26. The largest absolute Gasteiger partial charge is 0.367 e. The SMILES string of the molecule is CC1CCN(C(=O)Cn2cnc(N)n2)C1. The van der Waals surface area contributed by atoms with Gasteiger partial charge in [0.05, 0.1) is 0 Å². The first-order valence-corrected chi connectivity index (χ1v) is 5.08. The van der Waals surface area contributed by atoms with E-state index in [1.54, 1.807) is 0 Å². The van der Waals surface area contributed by atoms with Crippen LogP contribution in [0.25, 0.3) is 0 Å². The molecule has 0 bridgehead atoms. The van der Waals surface area contributed by atoms with Crippen molar-refractivity contribution in [3.8, 4) is 0 Å². The Balaban J connectivity index is 1.92. The minimum atomic E-state index is 0.0873. The topological polar surface area (TPSA) is 77.0 Å². The van der Waals surface area contributed by atoms with Gasteiger partial charge < -0.3 is 10.6 Å². The van der Waals surface area contributed by atoms with Gasteiger partial charge in [0.2, 0.25) is 11.9 Å². The van der Waals surface area contributed by atoms with E-state index in [1.165, 1.54) is 11.0 Å². The predicted molar refractivity (Wildman–Crippen MR) is 54.8 cm³/mol. The Bertz CT molecular complexity index is 361. The Morgan fingerprint density at radius 3 is 3.07 bits per heavy atom. The monoisotopic (exact) mass is 209 g/mol. The molecule has 2 rings (SSSR count). The molecular weight excluding hydrogens is 194 g/mol. The van der Waals surface area contributed by atoms with E-state index in [4.69, 9.17) is 5.73 Å². The summed E-state index contributed by atoms with van der Waals surface area (Å²) in [5.74, 6) is 0.900. The molecule has 2 N–H and O–H groups in total. The molecule has 1 aromatic rings. The number of anilines is 1. The highest BCUT2D eigenvalue weighted by molar-refractivity contribution is 5.76. The Kier molecular flexibility index (Phi) is 2.57. The van der Waals surface area contributed by atoms with Crippen LogP contribution >= 0.6 is 0 Å². The average molecular weight is 209 g/mol. The van der Waals surface area contributed by atoms with E-state index in [-0.39, 0.29) is 18.4 Å². The fourth-order valence-electron chi connectivity index (χ4n) is 1.79. The third-order valence-electron chi connectivity index (χ3n) is 2.63. The zero-order valence-electron chi connectivity index (χ0n) is 8.76. The Hall–Kier alpha value is -1.59. The quantitative estimate of drug-likeness (QED) is 0.727. The first-order chi connectivity index (χ1) is 7.15. The number of nitrogens with zero attached hydrogens (tertiary/aromatic N) is 4. The molecule has 15 heavy (non-hydrogen) atoms. The summed E-state index contributed by atoms with van der Waals surface area (Å²) in [5, 5.41) is 3.88. The maximum atomic E-state index is 11.8. The van der Waals surface area contributed by atoms with E-state index in [1.807, 2.05) is 4.90 Å². The van der Waals surface area contributed by atoms with E-state index in [9.17, 15) is 4.79 Å². The molecule has 1 fully saturated rings. The molecule has 1 aliphatic rings. The van der Waals surface area contributed by atoms with Crippen LogP contribution < -0.4 is 5.73 Å². The van der Waals surface area contributed by atoms with Crippen molar-refractivity contribution in [3.63, 3.8) is 0 Å². The lowest BCUT2D eigenvalue weighted by Gasteiger charge is -2.15. The number of rotatable bonds is 2. The molecule has 6 nitrogen and oxygen atoms in total. The summed E-state index contributed by atoms with van der Waals surface area (Å²) >= 11 is 0. The molecule has 1 saturated heterocycles. The molecular formula is C9H15N5O. The van der Waals surface area contributed by atoms with Gasteiger partial charge in [-0.1, -0.05) is 6.92 Å². The van der Waals surface area contributed by atoms with Gasteiger partial charge in [0.1, 0.15) is 12.9 Å². The summed E-state index contributed by atoms with van der Waals surface area (Å²) in [5.41, 5.74) is 5.36. The molecule has 0 radical (unpaired) electrons. The molecule has 0 aromatic carbocycles. The van der Waals surface area contributed by atoms with Crippen molar-refractivity contribution in [1.29, 1.82) is 0 Å². The number of hydrogen-bond donors (Lipinski definition) is 1. The Morgan fingerprint density at radius 1 is 1.73 bits per heavy atom. The van der Waals surface area contributed by atoms with Crippen molar-refractivity contribution in [2.24, 2.45) is 5.92 Å². The summed E-state index contributed by atoms with van der Waals surface area (Å²) in [7, 11) is 0. The molecule has 1 amide bonds. The summed E-state index contributed by atoms with van der Waals surface area (Å²) in [6.07, 6.45) is 2.57. The van der Waals surface area contributed by atoms with E-state index in [0.717, 1.165) is 19.5 Å². The zero-order valence-corrected chi connectivity index (χ0v) is 8.76. The van der Waals surface area contributed by atoms with Gasteiger partial charge in [-0.05, 0) is 12.3 Å². The van der Waals surface area contributed by atoms with Gasteiger partial charge in [0.15, 0.2) is 0 Å². The standard InChI is InChI=1S/C9H15N5O/c1-7-2-3-13(4-7)8(15)5-14-6-11-9(10)12-14/h6-7H,2-5H2,1H3,(H2,10,12). The van der Waals surface area contributed by atoms with Crippen LogP contribution in [0.5, 0.6) is 0 Å². The van der Waals surface area contributed by atoms with E-state index >= 15 is 0 Å². The molecule has 0 saturated carbocycles. The average Bonchev–Trinajstić information content (AvgIpc) is 2.75. The van der Waals surface area contributed by atoms with Crippen molar-refractivity contribution < 1.29 is 4.79 Å². The molecule has 82 valence electrons. The highest BCUT2D eigenvalue weighted by atomic mass is 16.2. The van der Waals surface area contributed by atoms with Crippen LogP contribution in [0.2, 0.25) is 0 Å². The smallest absolute Gasteiger partial charge is 0.244 e. The van der Waals surface area contributed by atoms with Crippen molar-refractivity contribution in [2.45, 2.75) is 19.9 Å². The van der Waals surface area contributed by atoms with Crippen LogP contribution in [0.4, 0.5) is 5.95 Å². The summed E-state index contributed by atoms with van der Waals surface area (Å²) in [6, 6.07) is 0. The van der Waals surface area contributed by atoms with Crippen LogP contribution in [0, 0.1) is 5.92 Å². The predicted octanol–water partition coefficient (Wildman–Crippen LogP) is -0.271. The second-order valence-corrected chi connectivity index (χ2v) is 4.03. The molecule has 6 heteroatoms. The number of amides is 1. The second kappa shape index (κ2) is 3.88. The van der Waals surface area contributed by atoms with Crippen LogP contribution in [-0.2, 0) is 11.3 Å². The van der Waals surface area contributed by atoms with Crippen LogP contribution in [0.3, 0.4) is 0 Å².